The van der Waals surface area contributed by atoms with Gasteiger partial charge in [-0.2, -0.15) is 0 Å². The van der Waals surface area contributed by atoms with Gasteiger partial charge in [-0.3, -0.25) is 0 Å². The van der Waals surface area contributed by atoms with Crippen LogP contribution in [0.3, 0.4) is 0 Å². The van der Waals surface area contributed by atoms with Crippen LogP contribution in [-0.2, 0) is 0 Å². The highest BCUT2D eigenvalue weighted by Crippen LogP contribution is 2.39. The molecule has 0 aromatic carbocycles. The van der Waals surface area contributed by atoms with Gasteiger partial charge in [0.2, 0.25) is 0 Å². The Morgan fingerprint density at radius 1 is 0.722 bits per heavy atom. The summed E-state index contributed by atoms with van der Waals surface area (Å²) in [6.45, 7) is 36.8. The van der Waals surface area contributed by atoms with Gasteiger partial charge in [-0.05, 0) is 50.5 Å². The third-order valence-corrected chi connectivity index (χ3v) is 5.17. The van der Waals surface area contributed by atoms with Gasteiger partial charge >= 0.3 is 0 Å². The minimum atomic E-state index is 0.913. The molecule has 2 heterocycles. The first-order chi connectivity index (χ1) is 17.6. The molecule has 1 nitrogen and oxygen atoms in total. The Hall–Kier alpha value is -3.32. The fraction of sp³-hybridized carbons (Fsp3) is 0.314. The Morgan fingerprint density at radius 3 is 1.67 bits per heavy atom. The maximum Gasteiger partial charge on any atom is 0.0616 e. The van der Waals surface area contributed by atoms with E-state index in [2.05, 4.69) is 87.3 Å². The fourth-order valence-electron chi connectivity index (χ4n) is 4.12. The lowest BCUT2D eigenvalue weighted by Crippen LogP contribution is -2.29. The number of allylic oxidation sites excluding steroid dienone is 13. The molecular weight excluding hydrogens is 434 g/mol. The number of fused-ring (bicyclic) bond motifs is 1. The van der Waals surface area contributed by atoms with E-state index >= 15 is 0 Å². The summed E-state index contributed by atoms with van der Waals surface area (Å²) < 4.78 is 2.29. The van der Waals surface area contributed by atoms with E-state index < -0.39 is 0 Å². The maximum atomic E-state index is 4.18. The van der Waals surface area contributed by atoms with Crippen LogP contribution in [0.5, 0.6) is 0 Å². The van der Waals surface area contributed by atoms with Gasteiger partial charge in [-0.25, -0.2) is 0 Å². The largest absolute Gasteiger partial charge is 0.308 e. The van der Waals surface area contributed by atoms with Crippen molar-refractivity contribution in [1.29, 1.82) is 0 Å². The molecule has 0 radical (unpaired) electrons. The molecule has 1 heteroatoms. The molecule has 1 aromatic heterocycles. The Balaban J connectivity index is 0. The van der Waals surface area contributed by atoms with E-state index in [9.17, 15) is 0 Å². The lowest BCUT2D eigenvalue weighted by Gasteiger charge is -2.14. The Kier molecular flexibility index (Phi) is 19.3. The first kappa shape index (κ1) is 34.8. The quantitative estimate of drug-likeness (QED) is 0.362. The summed E-state index contributed by atoms with van der Waals surface area (Å²) in [6.07, 6.45) is 23.5. The van der Waals surface area contributed by atoms with E-state index in [1.165, 1.54) is 5.57 Å². The molecule has 0 spiro atoms. The summed E-state index contributed by atoms with van der Waals surface area (Å²) in [4.78, 5) is 0. The van der Waals surface area contributed by atoms with Crippen molar-refractivity contribution in [3.63, 3.8) is 0 Å². The summed E-state index contributed by atoms with van der Waals surface area (Å²) in [6, 6.07) is 0. The van der Waals surface area contributed by atoms with Crippen LogP contribution in [-0.4, -0.2) is 4.57 Å². The van der Waals surface area contributed by atoms with Crippen LogP contribution < -0.4 is 10.6 Å². The van der Waals surface area contributed by atoms with Crippen LogP contribution in [0.4, 0.5) is 0 Å². The summed E-state index contributed by atoms with van der Waals surface area (Å²) >= 11 is 0. The zero-order valence-electron chi connectivity index (χ0n) is 24.8. The first-order valence-electron chi connectivity index (χ1n) is 13.5. The minimum Gasteiger partial charge on any atom is -0.308 e. The molecule has 1 aromatic rings. The highest BCUT2D eigenvalue weighted by atomic mass is 15.0. The molecule has 0 saturated carbocycles. The molecule has 0 bridgehead atoms. The summed E-state index contributed by atoms with van der Waals surface area (Å²) in [5.74, 6) is 0. The van der Waals surface area contributed by atoms with Crippen LogP contribution in [0, 0.1) is 0 Å². The molecule has 2 rings (SSSR count). The Bertz CT molecular complexity index is 1150. The second-order valence-electron chi connectivity index (χ2n) is 6.85. The third kappa shape index (κ3) is 7.34. The van der Waals surface area contributed by atoms with Gasteiger partial charge in [0.05, 0.1) is 16.7 Å². The van der Waals surface area contributed by atoms with Crippen LogP contribution >= 0.6 is 0 Å². The monoisotopic (exact) mass is 485 g/mol. The predicted molar refractivity (Wildman–Crippen MR) is 171 cm³/mol. The molecule has 1 aliphatic rings. The van der Waals surface area contributed by atoms with Gasteiger partial charge in [-0.15, -0.1) is 0 Å². The average Bonchev–Trinajstić information content (AvgIpc) is 3.18. The zero-order valence-corrected chi connectivity index (χ0v) is 24.8. The summed E-state index contributed by atoms with van der Waals surface area (Å²) in [5.41, 5.74) is 7.74. The van der Waals surface area contributed by atoms with Gasteiger partial charge in [0.15, 0.2) is 0 Å². The standard InChI is InChI=1S/C29H33N.3C2H6/c1-9-17-24-21(13-5)25(18-10-2)27(16-8)30-28(20-12-4)22(14-6)23(15-7)29(30)26(24)19-11-3;3*1-2/h9-10,12-20H,4-5,7-8,11H2,1-3,6H3;3*1-2H3/b17-9-,18-10-,22-14-,26-19-,28-20+;;;. The summed E-state index contributed by atoms with van der Waals surface area (Å²) in [5, 5.41) is 2.21. The van der Waals surface area contributed by atoms with Crippen molar-refractivity contribution < 1.29 is 0 Å². The van der Waals surface area contributed by atoms with Crippen molar-refractivity contribution in [2.75, 3.05) is 0 Å². The minimum absolute atomic E-state index is 0.913. The van der Waals surface area contributed by atoms with Crippen molar-refractivity contribution in [3.8, 4) is 0 Å². The topological polar surface area (TPSA) is 4.93 Å². The molecule has 0 aliphatic carbocycles. The number of hydrogen-bond acceptors (Lipinski definition) is 0. The number of nitrogens with zero attached hydrogens (tertiary/aromatic N) is 1. The Morgan fingerprint density at radius 2 is 1.28 bits per heavy atom. The fourth-order valence-corrected chi connectivity index (χ4v) is 4.12. The molecule has 0 atom stereocenters. The first-order valence-corrected chi connectivity index (χ1v) is 13.5. The van der Waals surface area contributed by atoms with Crippen molar-refractivity contribution in [2.24, 2.45) is 0 Å². The predicted octanol–water partition coefficient (Wildman–Crippen LogP) is 9.82. The third-order valence-electron chi connectivity index (χ3n) is 5.17. The van der Waals surface area contributed by atoms with Gasteiger partial charge in [0.25, 0.3) is 0 Å². The van der Waals surface area contributed by atoms with E-state index in [1.807, 2.05) is 79.7 Å². The normalized spacial score (nSPS) is 14.9. The number of rotatable bonds is 7. The molecule has 1 aliphatic heterocycles. The van der Waals surface area contributed by atoms with Crippen LogP contribution in [0.25, 0.3) is 29.5 Å². The van der Waals surface area contributed by atoms with E-state index in [-0.39, 0.29) is 0 Å². The summed E-state index contributed by atoms with van der Waals surface area (Å²) in [7, 11) is 0. The van der Waals surface area contributed by atoms with Crippen molar-refractivity contribution in [1.82, 2.24) is 4.57 Å². The van der Waals surface area contributed by atoms with E-state index in [0.29, 0.717) is 0 Å². The molecule has 196 valence electrons. The van der Waals surface area contributed by atoms with Crippen LogP contribution in [0.15, 0.2) is 91.6 Å². The Labute approximate surface area is 223 Å². The molecule has 0 saturated heterocycles. The lowest BCUT2D eigenvalue weighted by molar-refractivity contribution is 1.04. The van der Waals surface area contributed by atoms with Crippen molar-refractivity contribution in [3.05, 3.63) is 113 Å². The molecule has 0 amide bonds. The second-order valence-corrected chi connectivity index (χ2v) is 6.85. The maximum absolute atomic E-state index is 4.18. The molecular formula is C35H51N. The SMILES string of the molecule is C=C/C=c1\c(=C/C)c(C=C)c2n1C(C=C)=C(/C=C\C)C(C=C)=C(/C=C\C)/C2=C/CC.CC.CC.CC. The van der Waals surface area contributed by atoms with Gasteiger partial charge in [0.1, 0.15) is 0 Å². The smallest absolute Gasteiger partial charge is 0.0616 e. The molecule has 0 fully saturated rings. The average molecular weight is 486 g/mol. The van der Waals surface area contributed by atoms with E-state index in [0.717, 1.165) is 50.7 Å². The van der Waals surface area contributed by atoms with E-state index in [4.69, 9.17) is 0 Å². The molecule has 36 heavy (non-hydrogen) atoms. The number of aromatic nitrogens is 1. The van der Waals surface area contributed by atoms with Gasteiger partial charge in [-0.1, -0.05) is 129 Å². The van der Waals surface area contributed by atoms with Gasteiger partial charge < -0.3 is 4.57 Å². The highest BCUT2D eigenvalue weighted by Gasteiger charge is 2.26. The molecule has 0 unspecified atom stereocenters. The lowest BCUT2D eigenvalue weighted by atomic mass is 9.90. The van der Waals surface area contributed by atoms with Crippen LogP contribution in [0.2, 0.25) is 0 Å². The van der Waals surface area contributed by atoms with Crippen LogP contribution in [0.1, 0.15) is 86.9 Å². The number of hydrogen-bond donors (Lipinski definition) is 0. The molecule has 0 N–H and O–H groups in total. The highest BCUT2D eigenvalue weighted by molar-refractivity contribution is 5.93. The van der Waals surface area contributed by atoms with Gasteiger partial charge in [0, 0.05) is 21.9 Å². The second kappa shape index (κ2) is 19.9. The van der Waals surface area contributed by atoms with Crippen molar-refractivity contribution in [2.45, 2.75) is 75.7 Å². The van der Waals surface area contributed by atoms with E-state index in [1.54, 1.807) is 0 Å². The van der Waals surface area contributed by atoms with Crippen molar-refractivity contribution >= 4 is 29.5 Å². The zero-order chi connectivity index (χ0) is 28.3.